The maximum Gasteiger partial charge on any atom is 0.309 e. The van der Waals surface area contributed by atoms with Gasteiger partial charge in [0.15, 0.2) is 0 Å². The molecule has 0 bridgehead atoms. The summed E-state index contributed by atoms with van der Waals surface area (Å²) in [5.74, 6) is -1.06. The van der Waals surface area contributed by atoms with E-state index in [9.17, 15) is 9.18 Å². The van der Waals surface area contributed by atoms with Gasteiger partial charge in [0, 0.05) is 6.54 Å². The van der Waals surface area contributed by atoms with E-state index in [0.717, 1.165) is 5.56 Å². The molecule has 0 saturated heterocycles. The fraction of sp³-hybridized carbons (Fsp3) is 0.462. The molecule has 0 saturated carbocycles. The summed E-state index contributed by atoms with van der Waals surface area (Å²) in [6.07, 6.45) is 0.539. The van der Waals surface area contributed by atoms with Crippen LogP contribution in [-0.2, 0) is 11.3 Å². The van der Waals surface area contributed by atoms with Gasteiger partial charge in [-0.25, -0.2) is 4.39 Å². The van der Waals surface area contributed by atoms with Gasteiger partial charge in [0.25, 0.3) is 0 Å². The number of carboxylic acids is 1. The molecule has 0 atom stereocenters. The lowest BCUT2D eigenvalue weighted by molar-refractivity contribution is -0.147. The summed E-state index contributed by atoms with van der Waals surface area (Å²) >= 11 is 0. The standard InChI is InChI=1S/C13H18FNO2/c1-13(2,12(16)17)6-7-15-9-10-4-3-5-11(14)8-10/h3-5,8,15H,6-7,9H2,1-2H3,(H,16,17). The molecule has 0 aliphatic carbocycles. The van der Waals surface area contributed by atoms with E-state index in [0.29, 0.717) is 19.5 Å². The molecular weight excluding hydrogens is 221 g/mol. The van der Waals surface area contributed by atoms with Gasteiger partial charge in [-0.15, -0.1) is 0 Å². The first-order valence-corrected chi connectivity index (χ1v) is 5.60. The van der Waals surface area contributed by atoms with Crippen LogP contribution in [0.2, 0.25) is 0 Å². The second-order valence-electron chi connectivity index (χ2n) is 4.75. The summed E-state index contributed by atoms with van der Waals surface area (Å²) in [7, 11) is 0. The van der Waals surface area contributed by atoms with Crippen molar-refractivity contribution in [1.82, 2.24) is 5.32 Å². The average molecular weight is 239 g/mol. The second-order valence-corrected chi connectivity index (χ2v) is 4.75. The number of aliphatic carboxylic acids is 1. The van der Waals surface area contributed by atoms with Crippen molar-refractivity contribution in [2.24, 2.45) is 5.41 Å². The Balaban J connectivity index is 2.32. The first kappa shape index (κ1) is 13.6. The lowest BCUT2D eigenvalue weighted by Crippen LogP contribution is -2.28. The zero-order valence-electron chi connectivity index (χ0n) is 10.2. The maximum absolute atomic E-state index is 12.9. The summed E-state index contributed by atoms with van der Waals surface area (Å²) in [6.45, 7) is 4.53. The van der Waals surface area contributed by atoms with Gasteiger partial charge in [-0.1, -0.05) is 12.1 Å². The summed E-state index contributed by atoms with van der Waals surface area (Å²) in [6, 6.07) is 6.36. The van der Waals surface area contributed by atoms with E-state index in [-0.39, 0.29) is 5.82 Å². The molecule has 94 valence electrons. The minimum absolute atomic E-state index is 0.254. The van der Waals surface area contributed by atoms with Crippen LogP contribution in [-0.4, -0.2) is 17.6 Å². The third-order valence-corrected chi connectivity index (χ3v) is 2.72. The molecule has 1 rings (SSSR count). The van der Waals surface area contributed by atoms with Gasteiger partial charge < -0.3 is 10.4 Å². The second kappa shape index (κ2) is 5.77. The van der Waals surface area contributed by atoms with Gasteiger partial charge in [0.05, 0.1) is 5.41 Å². The molecule has 0 radical (unpaired) electrons. The van der Waals surface area contributed by atoms with Crippen LogP contribution < -0.4 is 5.32 Å². The zero-order valence-corrected chi connectivity index (χ0v) is 10.2. The van der Waals surface area contributed by atoms with Crippen molar-refractivity contribution in [3.63, 3.8) is 0 Å². The fourth-order valence-corrected chi connectivity index (χ4v) is 1.39. The Bertz CT molecular complexity index is 391. The van der Waals surface area contributed by atoms with E-state index in [2.05, 4.69) is 5.32 Å². The first-order valence-electron chi connectivity index (χ1n) is 5.60. The zero-order chi connectivity index (χ0) is 12.9. The Morgan fingerprint density at radius 2 is 2.18 bits per heavy atom. The summed E-state index contributed by atoms with van der Waals surface area (Å²) in [4.78, 5) is 10.9. The fourth-order valence-electron chi connectivity index (χ4n) is 1.39. The van der Waals surface area contributed by atoms with E-state index in [1.54, 1.807) is 19.9 Å². The number of hydrogen-bond acceptors (Lipinski definition) is 2. The minimum Gasteiger partial charge on any atom is -0.481 e. The van der Waals surface area contributed by atoms with Crippen LogP contribution >= 0.6 is 0 Å². The quantitative estimate of drug-likeness (QED) is 0.749. The van der Waals surface area contributed by atoms with E-state index in [4.69, 9.17) is 5.11 Å². The lowest BCUT2D eigenvalue weighted by atomic mass is 9.90. The highest BCUT2D eigenvalue weighted by Crippen LogP contribution is 2.19. The molecule has 0 heterocycles. The highest BCUT2D eigenvalue weighted by molar-refractivity contribution is 5.73. The van der Waals surface area contributed by atoms with Gasteiger partial charge >= 0.3 is 5.97 Å². The van der Waals surface area contributed by atoms with Crippen molar-refractivity contribution < 1.29 is 14.3 Å². The molecule has 0 aliphatic rings. The minimum atomic E-state index is -0.801. The van der Waals surface area contributed by atoms with E-state index < -0.39 is 11.4 Å². The molecule has 1 aromatic carbocycles. The van der Waals surface area contributed by atoms with Gasteiger partial charge in [-0.05, 0) is 44.5 Å². The molecule has 1 aromatic rings. The highest BCUT2D eigenvalue weighted by atomic mass is 19.1. The Morgan fingerprint density at radius 3 is 2.76 bits per heavy atom. The molecule has 17 heavy (non-hydrogen) atoms. The summed E-state index contributed by atoms with van der Waals surface area (Å²) < 4.78 is 12.9. The molecule has 3 nitrogen and oxygen atoms in total. The van der Waals surface area contributed by atoms with E-state index >= 15 is 0 Å². The van der Waals surface area contributed by atoms with Crippen LogP contribution in [0.4, 0.5) is 4.39 Å². The van der Waals surface area contributed by atoms with Crippen LogP contribution in [0, 0.1) is 11.2 Å². The Hall–Kier alpha value is -1.42. The largest absolute Gasteiger partial charge is 0.481 e. The van der Waals surface area contributed by atoms with Crippen molar-refractivity contribution in [2.45, 2.75) is 26.8 Å². The molecule has 4 heteroatoms. The third-order valence-electron chi connectivity index (χ3n) is 2.72. The Kier molecular flexibility index (Phi) is 4.63. The molecule has 0 aromatic heterocycles. The first-order chi connectivity index (χ1) is 7.92. The van der Waals surface area contributed by atoms with Crippen LogP contribution in [0.1, 0.15) is 25.8 Å². The van der Waals surface area contributed by atoms with E-state index in [1.807, 2.05) is 6.07 Å². The van der Waals surface area contributed by atoms with Crippen LogP contribution in [0.25, 0.3) is 0 Å². The number of carbonyl (C=O) groups is 1. The third kappa shape index (κ3) is 4.53. The average Bonchev–Trinajstić information content (AvgIpc) is 2.24. The van der Waals surface area contributed by atoms with Crippen LogP contribution in [0.15, 0.2) is 24.3 Å². The van der Waals surface area contributed by atoms with Gasteiger partial charge in [-0.2, -0.15) is 0 Å². The molecule has 0 amide bonds. The molecule has 0 fully saturated rings. The molecular formula is C13H18FNO2. The number of benzene rings is 1. The van der Waals surface area contributed by atoms with Crippen molar-refractivity contribution in [1.29, 1.82) is 0 Å². The number of rotatable bonds is 6. The van der Waals surface area contributed by atoms with Gasteiger partial charge in [0.1, 0.15) is 5.82 Å². The van der Waals surface area contributed by atoms with Crippen molar-refractivity contribution >= 4 is 5.97 Å². The monoisotopic (exact) mass is 239 g/mol. The molecule has 0 spiro atoms. The van der Waals surface area contributed by atoms with Crippen molar-refractivity contribution in [2.75, 3.05) is 6.54 Å². The van der Waals surface area contributed by atoms with Crippen LogP contribution in [0.5, 0.6) is 0 Å². The predicted molar refractivity (Wildman–Crippen MR) is 64.1 cm³/mol. The van der Waals surface area contributed by atoms with E-state index in [1.165, 1.54) is 12.1 Å². The van der Waals surface area contributed by atoms with Crippen molar-refractivity contribution in [3.8, 4) is 0 Å². The SMILES string of the molecule is CC(C)(CCNCc1cccc(F)c1)C(=O)O. The summed E-state index contributed by atoms with van der Waals surface area (Å²) in [5.41, 5.74) is 0.132. The van der Waals surface area contributed by atoms with Crippen LogP contribution in [0.3, 0.4) is 0 Å². The number of nitrogens with one attached hydrogen (secondary N) is 1. The van der Waals surface area contributed by atoms with Gasteiger partial charge in [-0.3, -0.25) is 4.79 Å². The van der Waals surface area contributed by atoms with Crippen molar-refractivity contribution in [3.05, 3.63) is 35.6 Å². The smallest absolute Gasteiger partial charge is 0.309 e. The predicted octanol–water partition coefficient (Wildman–Crippen LogP) is 2.42. The lowest BCUT2D eigenvalue weighted by Gasteiger charge is -2.18. The maximum atomic E-state index is 12.9. The Morgan fingerprint density at radius 1 is 1.47 bits per heavy atom. The molecule has 0 unspecified atom stereocenters. The van der Waals surface area contributed by atoms with Gasteiger partial charge in [0.2, 0.25) is 0 Å². The topological polar surface area (TPSA) is 49.3 Å². The Labute approximate surface area is 101 Å². The number of carboxylic acid groups (broad SMARTS) is 1. The highest BCUT2D eigenvalue weighted by Gasteiger charge is 2.25. The normalized spacial score (nSPS) is 11.5. The number of halogens is 1. The number of hydrogen-bond donors (Lipinski definition) is 2. The molecule has 0 aliphatic heterocycles. The molecule has 2 N–H and O–H groups in total. The summed E-state index contributed by atoms with van der Waals surface area (Å²) in [5, 5.41) is 12.0.